The maximum atomic E-state index is 11.9. The summed E-state index contributed by atoms with van der Waals surface area (Å²) in [5.74, 6) is 0.258. The Hall–Kier alpha value is -0.100. The summed E-state index contributed by atoms with van der Waals surface area (Å²) in [4.78, 5) is 0. The quantitative estimate of drug-likeness (QED) is 0.833. The fourth-order valence-corrected chi connectivity index (χ4v) is 3.79. The average molecular weight is 268 g/mol. The fraction of sp³-hybridized carbons (Fsp3) is 0.556. The van der Waals surface area contributed by atoms with Crippen molar-refractivity contribution in [1.82, 2.24) is 4.72 Å². The van der Waals surface area contributed by atoms with Gasteiger partial charge in [0.1, 0.15) is 4.21 Å². The Morgan fingerprint density at radius 1 is 1.60 bits per heavy atom. The minimum absolute atomic E-state index is 0.258. The van der Waals surface area contributed by atoms with Crippen LogP contribution < -0.4 is 4.72 Å². The highest BCUT2D eigenvalue weighted by molar-refractivity contribution is 7.91. The molecular formula is C9H14ClNO2S2. The molecular weight excluding hydrogens is 254 g/mol. The molecule has 0 radical (unpaired) electrons. The van der Waals surface area contributed by atoms with Crippen molar-refractivity contribution in [1.29, 1.82) is 0 Å². The first kappa shape index (κ1) is 13.0. The Bertz CT molecular complexity index is 396. The molecule has 1 unspecified atom stereocenters. The number of rotatable bonds is 5. The Balaban J connectivity index is 2.91. The molecule has 0 fully saturated rings. The Morgan fingerprint density at radius 2 is 2.27 bits per heavy atom. The van der Waals surface area contributed by atoms with Gasteiger partial charge in [0.25, 0.3) is 10.0 Å². The molecule has 0 amide bonds. The summed E-state index contributed by atoms with van der Waals surface area (Å²) < 4.78 is 26.7. The molecule has 1 atom stereocenters. The fourth-order valence-electron chi connectivity index (χ4n) is 0.985. The number of nitrogens with one attached hydrogen (secondary N) is 1. The average Bonchev–Trinajstić information content (AvgIpc) is 2.70. The molecule has 0 bridgehead atoms. The van der Waals surface area contributed by atoms with E-state index >= 15 is 0 Å². The summed E-state index contributed by atoms with van der Waals surface area (Å²) in [5.41, 5.74) is -0.579. The van der Waals surface area contributed by atoms with Crippen LogP contribution in [-0.4, -0.2) is 19.8 Å². The smallest absolute Gasteiger partial charge is 0.206 e. The van der Waals surface area contributed by atoms with Gasteiger partial charge in [-0.3, -0.25) is 0 Å². The third-order valence-electron chi connectivity index (χ3n) is 2.22. The molecule has 0 aliphatic carbocycles. The topological polar surface area (TPSA) is 46.2 Å². The first-order valence-corrected chi connectivity index (χ1v) is 7.47. The molecule has 1 heterocycles. The van der Waals surface area contributed by atoms with Gasteiger partial charge in [-0.2, -0.15) is 0 Å². The zero-order valence-electron chi connectivity index (χ0n) is 8.66. The van der Waals surface area contributed by atoms with Gasteiger partial charge >= 0.3 is 0 Å². The predicted octanol–water partition coefficient (Wildman–Crippen LogP) is 2.43. The minimum Gasteiger partial charge on any atom is -0.206 e. The van der Waals surface area contributed by atoms with E-state index in [1.807, 2.05) is 6.92 Å². The molecule has 0 aliphatic rings. The molecule has 1 aromatic rings. The van der Waals surface area contributed by atoms with E-state index in [9.17, 15) is 8.42 Å². The highest BCUT2D eigenvalue weighted by atomic mass is 35.5. The first-order chi connectivity index (χ1) is 6.93. The molecule has 0 aromatic carbocycles. The van der Waals surface area contributed by atoms with Gasteiger partial charge in [-0.15, -0.1) is 22.9 Å². The first-order valence-electron chi connectivity index (χ1n) is 4.57. The maximum absolute atomic E-state index is 11.9. The van der Waals surface area contributed by atoms with E-state index in [1.54, 1.807) is 24.4 Å². The second kappa shape index (κ2) is 4.82. The third kappa shape index (κ3) is 3.17. The van der Waals surface area contributed by atoms with Crippen LogP contribution in [0.5, 0.6) is 0 Å². The molecule has 86 valence electrons. The van der Waals surface area contributed by atoms with Crippen molar-refractivity contribution in [2.24, 2.45) is 0 Å². The molecule has 1 aromatic heterocycles. The standard InChI is InChI=1S/C9H14ClNO2S2/c1-3-9(2,7-10)11-15(12,13)8-5-4-6-14-8/h4-6,11H,3,7H2,1-2H3. The van der Waals surface area contributed by atoms with E-state index in [4.69, 9.17) is 11.6 Å². The Labute approximate surface area is 99.5 Å². The van der Waals surface area contributed by atoms with Crippen LogP contribution in [0.25, 0.3) is 0 Å². The van der Waals surface area contributed by atoms with Gasteiger partial charge in [-0.1, -0.05) is 13.0 Å². The summed E-state index contributed by atoms with van der Waals surface area (Å²) in [6, 6.07) is 3.29. The van der Waals surface area contributed by atoms with Crippen molar-refractivity contribution in [3.05, 3.63) is 17.5 Å². The van der Waals surface area contributed by atoms with Crippen LogP contribution >= 0.6 is 22.9 Å². The van der Waals surface area contributed by atoms with E-state index in [0.717, 1.165) is 0 Å². The number of alkyl halides is 1. The number of hydrogen-bond donors (Lipinski definition) is 1. The largest absolute Gasteiger partial charge is 0.250 e. The lowest BCUT2D eigenvalue weighted by molar-refractivity contribution is 0.445. The monoisotopic (exact) mass is 267 g/mol. The molecule has 15 heavy (non-hydrogen) atoms. The van der Waals surface area contributed by atoms with Crippen LogP contribution in [-0.2, 0) is 10.0 Å². The van der Waals surface area contributed by atoms with Crippen molar-refractivity contribution in [2.45, 2.75) is 30.0 Å². The van der Waals surface area contributed by atoms with Gasteiger partial charge < -0.3 is 0 Å². The van der Waals surface area contributed by atoms with Crippen molar-refractivity contribution in [3.63, 3.8) is 0 Å². The molecule has 0 aliphatic heterocycles. The van der Waals surface area contributed by atoms with Gasteiger partial charge in [-0.05, 0) is 24.8 Å². The van der Waals surface area contributed by atoms with Crippen LogP contribution in [0.2, 0.25) is 0 Å². The summed E-state index contributed by atoms with van der Waals surface area (Å²) in [6.07, 6.45) is 0.654. The molecule has 0 saturated heterocycles. The van der Waals surface area contributed by atoms with Crippen molar-refractivity contribution < 1.29 is 8.42 Å². The van der Waals surface area contributed by atoms with Gasteiger partial charge in [0.15, 0.2) is 0 Å². The second-order valence-electron chi connectivity index (χ2n) is 3.59. The van der Waals surface area contributed by atoms with Crippen molar-refractivity contribution >= 4 is 33.0 Å². The highest BCUT2D eigenvalue weighted by Crippen LogP contribution is 2.20. The van der Waals surface area contributed by atoms with E-state index in [1.165, 1.54) is 11.3 Å². The number of halogens is 1. The molecule has 3 nitrogen and oxygen atoms in total. The van der Waals surface area contributed by atoms with Gasteiger partial charge in [0.05, 0.1) is 0 Å². The normalized spacial score (nSPS) is 16.2. The molecule has 6 heteroatoms. The maximum Gasteiger partial charge on any atom is 0.250 e. The molecule has 1 N–H and O–H groups in total. The van der Waals surface area contributed by atoms with Gasteiger partial charge in [0.2, 0.25) is 0 Å². The Kier molecular flexibility index (Phi) is 4.17. The van der Waals surface area contributed by atoms with Crippen LogP contribution in [0.15, 0.2) is 21.7 Å². The van der Waals surface area contributed by atoms with E-state index in [0.29, 0.717) is 10.6 Å². The van der Waals surface area contributed by atoms with Crippen molar-refractivity contribution in [2.75, 3.05) is 5.88 Å². The number of sulfonamides is 1. The summed E-state index contributed by atoms with van der Waals surface area (Å²) in [5, 5.41) is 1.73. The van der Waals surface area contributed by atoms with Crippen LogP contribution in [0, 0.1) is 0 Å². The lowest BCUT2D eigenvalue weighted by atomic mass is 10.0. The molecule has 0 spiro atoms. The summed E-state index contributed by atoms with van der Waals surface area (Å²) in [7, 11) is -3.41. The second-order valence-corrected chi connectivity index (χ2v) is 6.71. The van der Waals surface area contributed by atoms with Gasteiger partial charge in [-0.25, -0.2) is 13.1 Å². The van der Waals surface area contributed by atoms with Gasteiger partial charge in [0, 0.05) is 11.4 Å². The van der Waals surface area contributed by atoms with E-state index in [2.05, 4.69) is 4.72 Å². The number of hydrogen-bond acceptors (Lipinski definition) is 3. The summed E-state index contributed by atoms with van der Waals surface area (Å²) in [6.45, 7) is 3.70. The lowest BCUT2D eigenvalue weighted by Gasteiger charge is -2.26. The number of thiophene rings is 1. The van der Waals surface area contributed by atoms with Crippen LogP contribution in [0.3, 0.4) is 0 Å². The van der Waals surface area contributed by atoms with E-state index < -0.39 is 15.6 Å². The Morgan fingerprint density at radius 3 is 2.67 bits per heavy atom. The van der Waals surface area contributed by atoms with Crippen LogP contribution in [0.1, 0.15) is 20.3 Å². The SMILES string of the molecule is CCC(C)(CCl)NS(=O)(=O)c1cccs1. The molecule has 1 rings (SSSR count). The third-order valence-corrected chi connectivity index (χ3v) is 5.84. The molecule has 0 saturated carbocycles. The van der Waals surface area contributed by atoms with Crippen LogP contribution in [0.4, 0.5) is 0 Å². The zero-order chi connectivity index (χ0) is 11.5. The van der Waals surface area contributed by atoms with E-state index in [-0.39, 0.29) is 5.88 Å². The predicted molar refractivity (Wildman–Crippen MR) is 64.1 cm³/mol. The minimum atomic E-state index is -3.41. The highest BCUT2D eigenvalue weighted by Gasteiger charge is 2.28. The summed E-state index contributed by atoms with van der Waals surface area (Å²) >= 11 is 6.95. The van der Waals surface area contributed by atoms with Crippen molar-refractivity contribution in [3.8, 4) is 0 Å². The zero-order valence-corrected chi connectivity index (χ0v) is 11.0. The lowest BCUT2D eigenvalue weighted by Crippen LogP contribution is -2.46.